The van der Waals surface area contributed by atoms with E-state index in [0.29, 0.717) is 28.6 Å². The Balaban J connectivity index is 1.56. The van der Waals surface area contributed by atoms with Crippen LogP contribution in [0, 0.1) is 11.8 Å². The number of carbonyl (C=O) groups is 1. The molecular weight excluding hydrogens is 372 g/mol. The fourth-order valence-electron chi connectivity index (χ4n) is 2.48. The Morgan fingerprint density at radius 1 is 1.14 bits per heavy atom. The molecule has 0 bridgehead atoms. The highest BCUT2D eigenvalue weighted by Gasteiger charge is 2.14. The van der Waals surface area contributed by atoms with Crippen molar-refractivity contribution < 1.29 is 19.0 Å². The van der Waals surface area contributed by atoms with Crippen molar-refractivity contribution in [2.45, 2.75) is 0 Å². The molecular formula is C21H20N4O4. The number of benzene rings is 1. The second-order valence-electron chi connectivity index (χ2n) is 5.75. The van der Waals surface area contributed by atoms with Gasteiger partial charge in [-0.3, -0.25) is 14.9 Å². The molecule has 2 N–H and O–H groups in total. The third-order valence-electron chi connectivity index (χ3n) is 3.91. The standard InChI is InChI=1S/C21H20N4O4/c1-27-15-7-8-20(28-2)17(12-15)18-13-19(25-24-18)21(26)23-10-3-4-11-29-16-6-5-9-22-14-16/h5-9,12-14H,10-11H2,1-2H3,(H,23,26)(H,24,25). The lowest BCUT2D eigenvalue weighted by atomic mass is 10.1. The summed E-state index contributed by atoms with van der Waals surface area (Å²) in [6.07, 6.45) is 3.27. The maximum atomic E-state index is 12.3. The molecule has 0 aliphatic heterocycles. The highest BCUT2D eigenvalue weighted by atomic mass is 16.5. The van der Waals surface area contributed by atoms with Gasteiger partial charge in [-0.25, -0.2) is 0 Å². The molecule has 3 rings (SSSR count). The first-order valence-corrected chi connectivity index (χ1v) is 8.76. The Hall–Kier alpha value is -3.99. The van der Waals surface area contributed by atoms with E-state index in [9.17, 15) is 4.79 Å². The Kier molecular flexibility index (Phi) is 6.68. The second-order valence-corrected chi connectivity index (χ2v) is 5.75. The number of nitrogens with one attached hydrogen (secondary N) is 2. The molecule has 0 unspecified atom stereocenters. The zero-order valence-corrected chi connectivity index (χ0v) is 16.1. The van der Waals surface area contributed by atoms with Gasteiger partial charge in [-0.2, -0.15) is 5.10 Å². The summed E-state index contributed by atoms with van der Waals surface area (Å²) < 4.78 is 16.0. The molecule has 2 heterocycles. The molecule has 0 atom stereocenters. The third kappa shape index (κ3) is 5.26. The predicted molar refractivity (Wildman–Crippen MR) is 107 cm³/mol. The highest BCUT2D eigenvalue weighted by molar-refractivity contribution is 5.93. The van der Waals surface area contributed by atoms with Gasteiger partial charge < -0.3 is 19.5 Å². The summed E-state index contributed by atoms with van der Waals surface area (Å²) in [4.78, 5) is 16.2. The number of hydrogen-bond acceptors (Lipinski definition) is 6. The maximum absolute atomic E-state index is 12.3. The number of ether oxygens (including phenoxy) is 3. The molecule has 0 saturated heterocycles. The van der Waals surface area contributed by atoms with E-state index in [-0.39, 0.29) is 19.1 Å². The van der Waals surface area contributed by atoms with Crippen molar-refractivity contribution >= 4 is 5.91 Å². The molecule has 2 aromatic heterocycles. The van der Waals surface area contributed by atoms with Crippen molar-refractivity contribution in [1.82, 2.24) is 20.5 Å². The van der Waals surface area contributed by atoms with E-state index in [4.69, 9.17) is 14.2 Å². The fraction of sp³-hybridized carbons (Fsp3) is 0.190. The van der Waals surface area contributed by atoms with Crippen molar-refractivity contribution in [3.8, 4) is 40.3 Å². The third-order valence-corrected chi connectivity index (χ3v) is 3.91. The number of methoxy groups -OCH3 is 2. The highest BCUT2D eigenvalue weighted by Crippen LogP contribution is 2.32. The number of hydrogen-bond donors (Lipinski definition) is 2. The monoisotopic (exact) mass is 392 g/mol. The Bertz CT molecular complexity index is 1020. The second kappa shape index (κ2) is 9.80. The van der Waals surface area contributed by atoms with Gasteiger partial charge in [0.05, 0.1) is 32.7 Å². The van der Waals surface area contributed by atoms with Gasteiger partial charge in [0.2, 0.25) is 0 Å². The lowest BCUT2D eigenvalue weighted by Gasteiger charge is -2.08. The number of aromatic amines is 1. The summed E-state index contributed by atoms with van der Waals surface area (Å²) in [6, 6.07) is 10.6. The van der Waals surface area contributed by atoms with Crippen LogP contribution in [-0.4, -0.2) is 48.5 Å². The molecule has 0 spiro atoms. The van der Waals surface area contributed by atoms with Crippen LogP contribution in [0.1, 0.15) is 10.5 Å². The molecule has 1 aromatic carbocycles. The van der Waals surface area contributed by atoms with E-state index in [1.165, 1.54) is 0 Å². The van der Waals surface area contributed by atoms with Crippen LogP contribution in [0.25, 0.3) is 11.3 Å². The van der Waals surface area contributed by atoms with Crippen LogP contribution in [0.4, 0.5) is 0 Å². The van der Waals surface area contributed by atoms with Gasteiger partial charge in [-0.15, -0.1) is 0 Å². The first-order chi connectivity index (χ1) is 14.2. The lowest BCUT2D eigenvalue weighted by Crippen LogP contribution is -2.24. The molecule has 0 fully saturated rings. The van der Waals surface area contributed by atoms with E-state index in [2.05, 4.69) is 32.3 Å². The predicted octanol–water partition coefficient (Wildman–Crippen LogP) is 2.30. The summed E-state index contributed by atoms with van der Waals surface area (Å²) in [5.74, 6) is 7.28. The van der Waals surface area contributed by atoms with E-state index >= 15 is 0 Å². The van der Waals surface area contributed by atoms with Crippen molar-refractivity contribution in [3.05, 3.63) is 54.5 Å². The van der Waals surface area contributed by atoms with E-state index in [1.807, 2.05) is 0 Å². The van der Waals surface area contributed by atoms with Gasteiger partial charge in [0, 0.05) is 11.8 Å². The Morgan fingerprint density at radius 2 is 2.03 bits per heavy atom. The molecule has 1 amide bonds. The minimum Gasteiger partial charge on any atom is -0.497 e. The van der Waals surface area contributed by atoms with Crippen LogP contribution in [0.5, 0.6) is 17.2 Å². The van der Waals surface area contributed by atoms with E-state index < -0.39 is 0 Å². The molecule has 0 aliphatic carbocycles. The van der Waals surface area contributed by atoms with Gasteiger partial charge in [0.25, 0.3) is 5.91 Å². The average Bonchev–Trinajstić information content (AvgIpc) is 3.26. The molecule has 148 valence electrons. The zero-order valence-electron chi connectivity index (χ0n) is 16.1. The fourth-order valence-corrected chi connectivity index (χ4v) is 2.48. The number of nitrogens with zero attached hydrogens (tertiary/aromatic N) is 2. The zero-order chi connectivity index (χ0) is 20.5. The first kappa shape index (κ1) is 19.8. The SMILES string of the molecule is COc1ccc(OC)c(-c2cc(C(=O)NCC#CCOc3cccnc3)[nH]n2)c1. The van der Waals surface area contributed by atoms with Crippen molar-refractivity contribution in [1.29, 1.82) is 0 Å². The maximum Gasteiger partial charge on any atom is 0.270 e. The summed E-state index contributed by atoms with van der Waals surface area (Å²) in [5, 5.41) is 9.63. The smallest absolute Gasteiger partial charge is 0.270 e. The van der Waals surface area contributed by atoms with Crippen molar-refractivity contribution in [3.63, 3.8) is 0 Å². The number of H-pyrrole nitrogens is 1. The van der Waals surface area contributed by atoms with Crippen LogP contribution < -0.4 is 19.5 Å². The quantitative estimate of drug-likeness (QED) is 0.599. The first-order valence-electron chi connectivity index (χ1n) is 8.76. The van der Waals surface area contributed by atoms with Crippen LogP contribution in [0.3, 0.4) is 0 Å². The van der Waals surface area contributed by atoms with Gasteiger partial charge in [0.1, 0.15) is 29.5 Å². The Morgan fingerprint density at radius 3 is 2.79 bits per heavy atom. The van der Waals surface area contributed by atoms with Crippen LogP contribution in [0.15, 0.2) is 48.8 Å². The Labute approximate surface area is 168 Å². The number of pyridine rings is 1. The molecule has 8 nitrogen and oxygen atoms in total. The summed E-state index contributed by atoms with van der Waals surface area (Å²) in [7, 11) is 3.15. The minimum absolute atomic E-state index is 0.187. The van der Waals surface area contributed by atoms with Gasteiger partial charge in [-0.05, 0) is 36.4 Å². The van der Waals surface area contributed by atoms with E-state index in [1.54, 1.807) is 63.0 Å². The van der Waals surface area contributed by atoms with Crippen molar-refractivity contribution in [2.75, 3.05) is 27.4 Å². The van der Waals surface area contributed by atoms with Gasteiger partial charge in [-0.1, -0.05) is 11.8 Å². The average molecular weight is 392 g/mol. The van der Waals surface area contributed by atoms with E-state index in [0.717, 1.165) is 5.56 Å². The normalized spacial score (nSPS) is 9.86. The summed E-state index contributed by atoms with van der Waals surface area (Å²) >= 11 is 0. The van der Waals surface area contributed by atoms with Gasteiger partial charge in [0.15, 0.2) is 0 Å². The van der Waals surface area contributed by atoms with Crippen molar-refractivity contribution in [2.24, 2.45) is 0 Å². The topological polar surface area (TPSA) is 98.4 Å². The number of rotatable bonds is 7. The number of amides is 1. The molecule has 29 heavy (non-hydrogen) atoms. The van der Waals surface area contributed by atoms with Gasteiger partial charge >= 0.3 is 0 Å². The molecule has 0 saturated carbocycles. The van der Waals surface area contributed by atoms with Crippen LogP contribution in [0.2, 0.25) is 0 Å². The minimum atomic E-state index is -0.312. The molecule has 0 radical (unpaired) electrons. The largest absolute Gasteiger partial charge is 0.497 e. The number of carbonyl (C=O) groups excluding carboxylic acids is 1. The summed E-state index contributed by atoms with van der Waals surface area (Å²) in [5.41, 5.74) is 1.61. The summed E-state index contributed by atoms with van der Waals surface area (Å²) in [6.45, 7) is 0.400. The lowest BCUT2D eigenvalue weighted by molar-refractivity contribution is 0.0953. The molecule has 0 aliphatic rings. The molecule has 8 heteroatoms. The van der Waals surface area contributed by atoms with Crippen LogP contribution >= 0.6 is 0 Å². The molecule has 3 aromatic rings. The number of aromatic nitrogens is 3. The van der Waals surface area contributed by atoms with Crippen LogP contribution in [-0.2, 0) is 0 Å².